The van der Waals surface area contributed by atoms with Gasteiger partial charge in [0.15, 0.2) is 0 Å². The van der Waals surface area contributed by atoms with Gasteiger partial charge >= 0.3 is 0 Å². The first-order chi connectivity index (χ1) is 9.38. The molecular formula is C16H25NO3. The number of methoxy groups -OCH3 is 1. The van der Waals surface area contributed by atoms with Gasteiger partial charge in [0.25, 0.3) is 5.91 Å². The van der Waals surface area contributed by atoms with Gasteiger partial charge in [-0.05, 0) is 29.5 Å². The van der Waals surface area contributed by atoms with Gasteiger partial charge in [-0.1, -0.05) is 32.9 Å². The van der Waals surface area contributed by atoms with Crippen molar-refractivity contribution in [3.8, 4) is 0 Å². The molecular weight excluding hydrogens is 254 g/mol. The lowest BCUT2D eigenvalue weighted by molar-refractivity contribution is 0.0885. The topological polar surface area (TPSA) is 58.6 Å². The summed E-state index contributed by atoms with van der Waals surface area (Å²) in [6.45, 7) is 6.76. The van der Waals surface area contributed by atoms with E-state index in [2.05, 4.69) is 26.1 Å². The van der Waals surface area contributed by atoms with Crippen LogP contribution in [0.25, 0.3) is 0 Å². The van der Waals surface area contributed by atoms with Crippen LogP contribution < -0.4 is 5.32 Å². The summed E-state index contributed by atoms with van der Waals surface area (Å²) >= 11 is 0. The largest absolute Gasteiger partial charge is 0.396 e. The number of aliphatic hydroxyl groups excluding tert-OH is 1. The number of aliphatic hydroxyl groups is 1. The third-order valence-electron chi connectivity index (χ3n) is 3.30. The van der Waals surface area contributed by atoms with Crippen molar-refractivity contribution in [3.05, 3.63) is 35.4 Å². The van der Waals surface area contributed by atoms with Crippen molar-refractivity contribution in [2.45, 2.75) is 39.8 Å². The van der Waals surface area contributed by atoms with Crippen LogP contribution in [0.5, 0.6) is 0 Å². The number of rotatable bonds is 6. The molecule has 0 aliphatic carbocycles. The first-order valence-corrected chi connectivity index (χ1v) is 6.88. The summed E-state index contributed by atoms with van der Waals surface area (Å²) in [5.41, 5.74) is 1.57. The van der Waals surface area contributed by atoms with Gasteiger partial charge in [-0.3, -0.25) is 4.79 Å². The van der Waals surface area contributed by atoms with E-state index >= 15 is 0 Å². The number of carbonyl (C=O) groups excluding carboxylic acids is 1. The molecule has 0 saturated carbocycles. The minimum absolute atomic E-state index is 0.0568. The molecule has 0 aliphatic heterocycles. The van der Waals surface area contributed by atoms with Crippen molar-refractivity contribution in [1.29, 1.82) is 0 Å². The van der Waals surface area contributed by atoms with Gasteiger partial charge < -0.3 is 15.2 Å². The van der Waals surface area contributed by atoms with Crippen LogP contribution in [-0.2, 0) is 11.3 Å². The smallest absolute Gasteiger partial charge is 0.251 e. The minimum atomic E-state index is -0.109. The third kappa shape index (κ3) is 4.94. The Morgan fingerprint density at radius 1 is 1.30 bits per heavy atom. The molecule has 0 aliphatic rings. The Morgan fingerprint density at radius 3 is 2.35 bits per heavy atom. The zero-order chi connectivity index (χ0) is 15.2. The van der Waals surface area contributed by atoms with E-state index in [1.807, 2.05) is 12.1 Å². The first-order valence-electron chi connectivity index (χ1n) is 6.88. The maximum Gasteiger partial charge on any atom is 0.251 e. The van der Waals surface area contributed by atoms with Crippen molar-refractivity contribution in [3.63, 3.8) is 0 Å². The lowest BCUT2D eigenvalue weighted by atomic mass is 9.84. The third-order valence-corrected chi connectivity index (χ3v) is 3.30. The molecule has 1 aromatic rings. The van der Waals surface area contributed by atoms with E-state index in [1.165, 1.54) is 0 Å². The molecule has 0 spiro atoms. The van der Waals surface area contributed by atoms with Gasteiger partial charge in [-0.15, -0.1) is 0 Å². The van der Waals surface area contributed by atoms with Gasteiger partial charge in [-0.2, -0.15) is 0 Å². The highest BCUT2D eigenvalue weighted by Gasteiger charge is 2.25. The van der Waals surface area contributed by atoms with Crippen molar-refractivity contribution in [2.75, 3.05) is 13.7 Å². The molecule has 1 amide bonds. The van der Waals surface area contributed by atoms with Gasteiger partial charge in [-0.25, -0.2) is 0 Å². The molecule has 20 heavy (non-hydrogen) atoms. The first kappa shape index (κ1) is 16.7. The molecule has 0 aromatic heterocycles. The summed E-state index contributed by atoms with van der Waals surface area (Å²) in [6, 6.07) is 7.30. The standard InChI is InChI=1S/C16H25NO3/c1-16(2,3)14(9-10-18)17-15(19)13-7-5-12(6-8-13)11-20-4/h5-8,14,18H,9-11H2,1-4H3,(H,17,19). The molecule has 0 fully saturated rings. The monoisotopic (exact) mass is 279 g/mol. The van der Waals surface area contributed by atoms with Gasteiger partial charge in [0.2, 0.25) is 0 Å². The molecule has 1 atom stereocenters. The van der Waals surface area contributed by atoms with Crippen LogP contribution in [0, 0.1) is 5.41 Å². The highest BCUT2D eigenvalue weighted by molar-refractivity contribution is 5.94. The fraction of sp³-hybridized carbons (Fsp3) is 0.562. The van der Waals surface area contributed by atoms with E-state index in [-0.39, 0.29) is 24.0 Å². The summed E-state index contributed by atoms with van der Waals surface area (Å²) in [7, 11) is 1.64. The van der Waals surface area contributed by atoms with Crippen molar-refractivity contribution < 1.29 is 14.6 Å². The zero-order valence-electron chi connectivity index (χ0n) is 12.8. The van der Waals surface area contributed by atoms with Crippen LogP contribution >= 0.6 is 0 Å². The molecule has 0 saturated heterocycles. The fourth-order valence-corrected chi connectivity index (χ4v) is 2.01. The van der Waals surface area contributed by atoms with Crippen LogP contribution in [0.4, 0.5) is 0 Å². The highest BCUT2D eigenvalue weighted by atomic mass is 16.5. The maximum atomic E-state index is 12.2. The molecule has 2 N–H and O–H groups in total. The molecule has 0 heterocycles. The number of amides is 1. The molecule has 112 valence electrons. The average molecular weight is 279 g/mol. The SMILES string of the molecule is COCc1ccc(C(=O)NC(CCO)C(C)(C)C)cc1. The number of hydrogen-bond donors (Lipinski definition) is 2. The number of carbonyl (C=O) groups is 1. The van der Waals surface area contributed by atoms with Crippen LogP contribution in [0.15, 0.2) is 24.3 Å². The van der Waals surface area contributed by atoms with E-state index in [0.29, 0.717) is 18.6 Å². The van der Waals surface area contributed by atoms with Crippen LogP contribution in [-0.4, -0.2) is 30.8 Å². The number of ether oxygens (including phenoxy) is 1. The lowest BCUT2D eigenvalue weighted by Gasteiger charge is -2.31. The number of nitrogens with one attached hydrogen (secondary N) is 1. The number of benzene rings is 1. The second-order valence-electron chi connectivity index (χ2n) is 6.03. The van der Waals surface area contributed by atoms with E-state index < -0.39 is 0 Å². The van der Waals surface area contributed by atoms with E-state index in [0.717, 1.165) is 5.56 Å². The predicted octanol–water partition coefficient (Wildman–Crippen LogP) is 2.36. The van der Waals surface area contributed by atoms with E-state index in [1.54, 1.807) is 19.2 Å². The molecule has 1 aromatic carbocycles. The Morgan fingerprint density at radius 2 is 1.90 bits per heavy atom. The predicted molar refractivity (Wildman–Crippen MR) is 79.6 cm³/mol. The summed E-state index contributed by atoms with van der Waals surface area (Å²) in [6.07, 6.45) is 0.553. The Bertz CT molecular complexity index is 420. The van der Waals surface area contributed by atoms with Crippen molar-refractivity contribution in [2.24, 2.45) is 5.41 Å². The minimum Gasteiger partial charge on any atom is -0.396 e. The average Bonchev–Trinajstić information content (AvgIpc) is 2.38. The Balaban J connectivity index is 2.73. The normalized spacial score (nSPS) is 13.1. The zero-order valence-corrected chi connectivity index (χ0v) is 12.8. The second-order valence-corrected chi connectivity index (χ2v) is 6.03. The molecule has 4 nitrogen and oxygen atoms in total. The van der Waals surface area contributed by atoms with Gasteiger partial charge in [0.05, 0.1) is 6.61 Å². The van der Waals surface area contributed by atoms with Crippen LogP contribution in [0.3, 0.4) is 0 Å². The van der Waals surface area contributed by atoms with E-state index in [9.17, 15) is 4.79 Å². The molecule has 4 heteroatoms. The van der Waals surface area contributed by atoms with E-state index in [4.69, 9.17) is 9.84 Å². The summed E-state index contributed by atoms with van der Waals surface area (Å²) in [5.74, 6) is -0.109. The number of hydrogen-bond acceptors (Lipinski definition) is 3. The summed E-state index contributed by atoms with van der Waals surface area (Å²) < 4.78 is 5.04. The Hall–Kier alpha value is -1.39. The Labute approximate surface area is 121 Å². The van der Waals surface area contributed by atoms with Gasteiger partial charge in [0.1, 0.15) is 0 Å². The summed E-state index contributed by atoms with van der Waals surface area (Å²) in [5, 5.41) is 12.1. The van der Waals surface area contributed by atoms with Crippen LogP contribution in [0.2, 0.25) is 0 Å². The summed E-state index contributed by atoms with van der Waals surface area (Å²) in [4.78, 5) is 12.2. The van der Waals surface area contributed by atoms with Crippen molar-refractivity contribution >= 4 is 5.91 Å². The molecule has 1 rings (SSSR count). The second kappa shape index (κ2) is 7.41. The molecule has 1 unspecified atom stereocenters. The quantitative estimate of drug-likeness (QED) is 0.840. The van der Waals surface area contributed by atoms with Crippen LogP contribution in [0.1, 0.15) is 43.1 Å². The Kier molecular flexibility index (Phi) is 6.17. The lowest BCUT2D eigenvalue weighted by Crippen LogP contribution is -2.44. The fourth-order valence-electron chi connectivity index (χ4n) is 2.01. The maximum absolute atomic E-state index is 12.2. The molecule has 0 radical (unpaired) electrons. The molecule has 0 bridgehead atoms. The van der Waals surface area contributed by atoms with Gasteiger partial charge in [0, 0.05) is 25.3 Å². The highest BCUT2D eigenvalue weighted by Crippen LogP contribution is 2.22. The van der Waals surface area contributed by atoms with Crippen molar-refractivity contribution in [1.82, 2.24) is 5.32 Å².